The lowest BCUT2D eigenvalue weighted by Gasteiger charge is -2.14. The Balaban J connectivity index is 2.65. The zero-order chi connectivity index (χ0) is 12.8. The van der Waals surface area contributed by atoms with Crippen LogP contribution in [0.1, 0.15) is 24.2 Å². The lowest BCUT2D eigenvalue weighted by Crippen LogP contribution is -2.24. The van der Waals surface area contributed by atoms with E-state index in [9.17, 15) is 13.6 Å². The molecule has 2 N–H and O–H groups in total. The molecule has 0 aromatic heterocycles. The van der Waals surface area contributed by atoms with Crippen LogP contribution in [-0.4, -0.2) is 24.9 Å². The van der Waals surface area contributed by atoms with Gasteiger partial charge in [0.15, 0.2) is 0 Å². The van der Waals surface area contributed by atoms with E-state index in [2.05, 4.69) is 10.6 Å². The van der Waals surface area contributed by atoms with Crippen molar-refractivity contribution in [2.75, 3.05) is 11.9 Å². The van der Waals surface area contributed by atoms with E-state index in [1.165, 1.54) is 6.92 Å². The molecule has 0 aliphatic carbocycles. The van der Waals surface area contributed by atoms with Gasteiger partial charge >= 0.3 is 0 Å². The molecule has 0 saturated carbocycles. The van der Waals surface area contributed by atoms with Crippen LogP contribution < -0.4 is 10.6 Å². The second-order valence-electron chi connectivity index (χ2n) is 3.70. The van der Waals surface area contributed by atoms with Gasteiger partial charge in [-0.05, 0) is 38.1 Å². The van der Waals surface area contributed by atoms with Gasteiger partial charge in [-0.25, -0.2) is 8.78 Å². The van der Waals surface area contributed by atoms with Crippen LogP contribution in [0.3, 0.4) is 0 Å². The van der Waals surface area contributed by atoms with Crippen molar-refractivity contribution < 1.29 is 13.6 Å². The number of hydrogen-bond acceptors (Lipinski definition) is 2. The van der Waals surface area contributed by atoms with Crippen LogP contribution in [-0.2, 0) is 0 Å². The highest BCUT2D eigenvalue weighted by Gasteiger charge is 2.13. The van der Waals surface area contributed by atoms with Gasteiger partial charge in [-0.1, -0.05) is 0 Å². The molecule has 1 aromatic rings. The number of nitrogens with one attached hydrogen (secondary N) is 2. The normalized spacial score (nSPS) is 12.3. The van der Waals surface area contributed by atoms with Crippen LogP contribution in [0.5, 0.6) is 0 Å². The number of carbonyl (C=O) groups is 1. The Morgan fingerprint density at radius 3 is 2.35 bits per heavy atom. The van der Waals surface area contributed by atoms with E-state index in [1.807, 2.05) is 6.92 Å². The molecule has 1 atom stereocenters. The van der Waals surface area contributed by atoms with Crippen molar-refractivity contribution in [3.63, 3.8) is 0 Å². The quantitative estimate of drug-likeness (QED) is 0.833. The Labute approximate surface area is 99.2 Å². The van der Waals surface area contributed by atoms with Crippen LogP contribution >= 0.6 is 0 Å². The first-order valence-corrected chi connectivity index (χ1v) is 5.47. The predicted octanol–water partition coefficient (Wildman–Crippen LogP) is 2.50. The van der Waals surface area contributed by atoms with Crippen molar-refractivity contribution in [3.05, 3.63) is 29.8 Å². The standard InChI is InChI=1S/C12H16F2N2O/c1-3-15-12(17)9-4-6-10(7-5-9)16-8(2)11(13)14/h4-8,11,16H,3H2,1-2H3,(H,15,17). The zero-order valence-corrected chi connectivity index (χ0v) is 9.84. The summed E-state index contributed by atoms with van der Waals surface area (Å²) in [5.74, 6) is -0.166. The SMILES string of the molecule is CCNC(=O)c1ccc(NC(C)C(F)F)cc1. The Morgan fingerprint density at radius 2 is 1.88 bits per heavy atom. The van der Waals surface area contributed by atoms with Gasteiger partial charge in [-0.3, -0.25) is 4.79 Å². The van der Waals surface area contributed by atoms with Crippen molar-refractivity contribution in [1.29, 1.82) is 0 Å². The molecule has 94 valence electrons. The molecule has 0 aliphatic rings. The highest BCUT2D eigenvalue weighted by Crippen LogP contribution is 2.13. The molecule has 0 aliphatic heterocycles. The van der Waals surface area contributed by atoms with Gasteiger partial charge in [0, 0.05) is 17.8 Å². The second-order valence-corrected chi connectivity index (χ2v) is 3.70. The van der Waals surface area contributed by atoms with Crippen molar-refractivity contribution >= 4 is 11.6 Å². The molecule has 0 radical (unpaired) electrons. The summed E-state index contributed by atoms with van der Waals surface area (Å²) in [6.45, 7) is 3.79. The summed E-state index contributed by atoms with van der Waals surface area (Å²) in [7, 11) is 0. The fourth-order valence-corrected chi connectivity index (χ4v) is 1.31. The lowest BCUT2D eigenvalue weighted by atomic mass is 10.2. The highest BCUT2D eigenvalue weighted by molar-refractivity contribution is 5.94. The van der Waals surface area contributed by atoms with Crippen LogP contribution in [0.15, 0.2) is 24.3 Å². The minimum absolute atomic E-state index is 0.166. The maximum Gasteiger partial charge on any atom is 0.258 e. The van der Waals surface area contributed by atoms with Crippen molar-refractivity contribution in [2.45, 2.75) is 26.3 Å². The maximum absolute atomic E-state index is 12.3. The maximum atomic E-state index is 12.3. The fraction of sp³-hybridized carbons (Fsp3) is 0.417. The van der Waals surface area contributed by atoms with Gasteiger partial charge in [0.2, 0.25) is 0 Å². The van der Waals surface area contributed by atoms with Gasteiger partial charge in [0.25, 0.3) is 12.3 Å². The smallest absolute Gasteiger partial charge is 0.258 e. The van der Waals surface area contributed by atoms with E-state index < -0.39 is 12.5 Å². The summed E-state index contributed by atoms with van der Waals surface area (Å²) in [5, 5.41) is 5.32. The average molecular weight is 242 g/mol. The first-order chi connectivity index (χ1) is 8.04. The van der Waals surface area contributed by atoms with Gasteiger partial charge in [0.1, 0.15) is 0 Å². The average Bonchev–Trinajstić information content (AvgIpc) is 2.30. The summed E-state index contributed by atoms with van der Waals surface area (Å²) < 4.78 is 24.6. The highest BCUT2D eigenvalue weighted by atomic mass is 19.3. The monoisotopic (exact) mass is 242 g/mol. The van der Waals surface area contributed by atoms with Crippen LogP contribution in [0.4, 0.5) is 14.5 Å². The molecule has 0 fully saturated rings. The summed E-state index contributed by atoms with van der Waals surface area (Å²) in [4.78, 5) is 11.4. The topological polar surface area (TPSA) is 41.1 Å². The number of alkyl halides is 2. The predicted molar refractivity (Wildman–Crippen MR) is 63.5 cm³/mol. The molecule has 0 spiro atoms. The largest absolute Gasteiger partial charge is 0.377 e. The van der Waals surface area contributed by atoms with Crippen molar-refractivity contribution in [2.24, 2.45) is 0 Å². The minimum atomic E-state index is -2.42. The van der Waals surface area contributed by atoms with E-state index in [-0.39, 0.29) is 5.91 Å². The van der Waals surface area contributed by atoms with Crippen LogP contribution in [0, 0.1) is 0 Å². The van der Waals surface area contributed by atoms with E-state index in [0.29, 0.717) is 17.8 Å². The number of benzene rings is 1. The molecule has 1 rings (SSSR count). The Hall–Kier alpha value is -1.65. The molecule has 1 unspecified atom stereocenters. The van der Waals surface area contributed by atoms with Gasteiger partial charge in [-0.2, -0.15) is 0 Å². The molecule has 0 heterocycles. The van der Waals surface area contributed by atoms with Crippen molar-refractivity contribution in [3.8, 4) is 0 Å². The van der Waals surface area contributed by atoms with Crippen LogP contribution in [0.25, 0.3) is 0 Å². The molecule has 3 nitrogen and oxygen atoms in total. The zero-order valence-electron chi connectivity index (χ0n) is 9.84. The molecule has 5 heteroatoms. The third kappa shape index (κ3) is 4.01. The summed E-state index contributed by atoms with van der Waals surface area (Å²) in [6.07, 6.45) is -2.42. The van der Waals surface area contributed by atoms with Gasteiger partial charge in [0.05, 0.1) is 6.04 Å². The molecule has 17 heavy (non-hydrogen) atoms. The Bertz CT molecular complexity index is 365. The minimum Gasteiger partial charge on any atom is -0.377 e. The van der Waals surface area contributed by atoms with Crippen LogP contribution in [0.2, 0.25) is 0 Å². The van der Waals surface area contributed by atoms with E-state index in [4.69, 9.17) is 0 Å². The van der Waals surface area contributed by atoms with E-state index in [1.54, 1.807) is 24.3 Å². The van der Waals surface area contributed by atoms with Gasteiger partial charge in [-0.15, -0.1) is 0 Å². The first kappa shape index (κ1) is 13.4. The van der Waals surface area contributed by atoms with Crippen molar-refractivity contribution in [1.82, 2.24) is 5.32 Å². The molecule has 1 aromatic carbocycles. The Morgan fingerprint density at radius 1 is 1.29 bits per heavy atom. The number of carbonyl (C=O) groups excluding carboxylic acids is 1. The molecule has 0 bridgehead atoms. The molecular weight excluding hydrogens is 226 g/mol. The molecule has 1 amide bonds. The lowest BCUT2D eigenvalue weighted by molar-refractivity contribution is 0.0955. The first-order valence-electron chi connectivity index (χ1n) is 5.47. The Kier molecular flexibility index (Phi) is 4.87. The summed E-state index contributed by atoms with van der Waals surface area (Å²) in [6, 6.07) is 5.52. The van der Waals surface area contributed by atoms with Gasteiger partial charge < -0.3 is 10.6 Å². The summed E-state index contributed by atoms with van der Waals surface area (Å²) >= 11 is 0. The van der Waals surface area contributed by atoms with E-state index >= 15 is 0 Å². The third-order valence-electron chi connectivity index (χ3n) is 2.26. The van der Waals surface area contributed by atoms with E-state index in [0.717, 1.165) is 0 Å². The number of rotatable bonds is 5. The summed E-state index contributed by atoms with van der Waals surface area (Å²) in [5.41, 5.74) is 1.09. The fourth-order valence-electron chi connectivity index (χ4n) is 1.31. The second kappa shape index (κ2) is 6.18. The third-order valence-corrected chi connectivity index (χ3v) is 2.26. The number of hydrogen-bond donors (Lipinski definition) is 2. The molecular formula is C12H16F2N2O. The molecule has 0 saturated heterocycles. The number of amides is 1. The number of anilines is 1. The number of halogens is 2.